The van der Waals surface area contributed by atoms with E-state index in [1.54, 1.807) is 24.3 Å². The zero-order chi connectivity index (χ0) is 14.7. The predicted octanol–water partition coefficient (Wildman–Crippen LogP) is 3.13. The Kier molecular flexibility index (Phi) is 4.26. The van der Waals surface area contributed by atoms with Crippen LogP contribution in [-0.2, 0) is 0 Å². The maximum atomic E-state index is 12.0. The number of carbonyl (C=O) groups excluding carboxylic acids is 1. The van der Waals surface area contributed by atoms with Gasteiger partial charge >= 0.3 is 6.16 Å². The third-order valence-corrected chi connectivity index (χ3v) is 3.28. The van der Waals surface area contributed by atoms with E-state index in [0.717, 1.165) is 0 Å². The maximum absolute atomic E-state index is 12.0. The molecular formula is C11H7BrClN3O4. The van der Waals surface area contributed by atoms with Crippen molar-refractivity contribution in [2.75, 3.05) is 5.32 Å². The average Bonchev–Trinajstić information content (AvgIpc) is 2.71. The SMILES string of the molecule is O=C(O)Oc1n[nH]c(NC(=O)c2ccccc2Cl)c1Br. The summed E-state index contributed by atoms with van der Waals surface area (Å²) in [4.78, 5) is 22.4. The van der Waals surface area contributed by atoms with Crippen LogP contribution in [-0.4, -0.2) is 27.4 Å². The van der Waals surface area contributed by atoms with Gasteiger partial charge in [-0.2, -0.15) is 0 Å². The van der Waals surface area contributed by atoms with Crippen molar-refractivity contribution in [1.29, 1.82) is 0 Å². The topological polar surface area (TPSA) is 104 Å². The summed E-state index contributed by atoms with van der Waals surface area (Å²) in [5, 5.41) is 17.3. The normalized spacial score (nSPS) is 10.1. The minimum atomic E-state index is -1.51. The molecule has 0 saturated carbocycles. The molecule has 1 aromatic heterocycles. The summed E-state index contributed by atoms with van der Waals surface area (Å²) >= 11 is 8.97. The molecule has 0 aliphatic heterocycles. The first kappa shape index (κ1) is 14.4. The largest absolute Gasteiger partial charge is 0.512 e. The van der Waals surface area contributed by atoms with Crippen LogP contribution < -0.4 is 10.1 Å². The first-order valence-corrected chi connectivity index (χ1v) is 6.36. The molecule has 0 bridgehead atoms. The molecule has 104 valence electrons. The highest BCUT2D eigenvalue weighted by Gasteiger charge is 2.18. The van der Waals surface area contributed by atoms with E-state index in [0.29, 0.717) is 5.02 Å². The average molecular weight is 361 g/mol. The van der Waals surface area contributed by atoms with E-state index < -0.39 is 12.1 Å². The molecule has 0 fully saturated rings. The lowest BCUT2D eigenvalue weighted by molar-refractivity contribution is 0.102. The fourth-order valence-electron chi connectivity index (χ4n) is 1.37. The molecule has 0 saturated heterocycles. The lowest BCUT2D eigenvalue weighted by Gasteiger charge is -2.04. The van der Waals surface area contributed by atoms with Gasteiger partial charge in [-0.3, -0.25) is 9.89 Å². The number of rotatable bonds is 3. The van der Waals surface area contributed by atoms with E-state index in [1.165, 1.54) is 0 Å². The Morgan fingerprint density at radius 2 is 2.10 bits per heavy atom. The number of halogens is 2. The third-order valence-electron chi connectivity index (χ3n) is 2.22. The molecule has 3 N–H and O–H groups in total. The fraction of sp³-hybridized carbons (Fsp3) is 0. The second kappa shape index (κ2) is 5.93. The van der Waals surface area contributed by atoms with E-state index in [9.17, 15) is 9.59 Å². The Bertz CT molecular complexity index is 673. The van der Waals surface area contributed by atoms with Gasteiger partial charge in [0.1, 0.15) is 10.3 Å². The number of nitrogens with one attached hydrogen (secondary N) is 2. The Morgan fingerprint density at radius 3 is 2.75 bits per heavy atom. The lowest BCUT2D eigenvalue weighted by atomic mass is 10.2. The fourth-order valence-corrected chi connectivity index (χ4v) is 1.95. The molecule has 20 heavy (non-hydrogen) atoms. The molecule has 1 amide bonds. The molecule has 0 unspecified atom stereocenters. The molecule has 7 nitrogen and oxygen atoms in total. The molecule has 9 heteroatoms. The quantitative estimate of drug-likeness (QED) is 0.729. The molecular weight excluding hydrogens is 353 g/mol. The minimum Gasteiger partial charge on any atom is -0.449 e. The summed E-state index contributed by atoms with van der Waals surface area (Å²) in [6, 6.07) is 6.50. The highest BCUT2D eigenvalue weighted by atomic mass is 79.9. The van der Waals surface area contributed by atoms with E-state index in [2.05, 4.69) is 36.2 Å². The number of nitrogens with zero attached hydrogens (tertiary/aromatic N) is 1. The number of carboxylic acid groups (broad SMARTS) is 1. The summed E-state index contributed by atoms with van der Waals surface area (Å²) in [6.45, 7) is 0. The van der Waals surface area contributed by atoms with Crippen LogP contribution in [0.15, 0.2) is 28.7 Å². The monoisotopic (exact) mass is 359 g/mol. The van der Waals surface area contributed by atoms with Gasteiger partial charge in [0, 0.05) is 0 Å². The van der Waals surface area contributed by atoms with Gasteiger partial charge in [-0.1, -0.05) is 23.7 Å². The van der Waals surface area contributed by atoms with E-state index in [1.807, 2.05) is 0 Å². The molecule has 0 aliphatic rings. The summed E-state index contributed by atoms with van der Waals surface area (Å²) in [5.74, 6) is -0.514. The van der Waals surface area contributed by atoms with E-state index in [4.69, 9.17) is 16.7 Å². The molecule has 2 rings (SSSR count). The molecule has 2 aromatic rings. The van der Waals surface area contributed by atoms with Gasteiger partial charge in [0.2, 0.25) is 0 Å². The number of aromatic nitrogens is 2. The van der Waals surface area contributed by atoms with Crippen LogP contribution in [0.25, 0.3) is 0 Å². The first-order chi connectivity index (χ1) is 9.49. The highest BCUT2D eigenvalue weighted by molar-refractivity contribution is 9.10. The Hall–Kier alpha value is -2.06. The summed E-state index contributed by atoms with van der Waals surface area (Å²) in [5.41, 5.74) is 0.274. The Morgan fingerprint density at radius 1 is 1.40 bits per heavy atom. The molecule has 1 aromatic carbocycles. The second-order valence-corrected chi connectivity index (χ2v) is 4.72. The van der Waals surface area contributed by atoms with Crippen molar-refractivity contribution in [3.05, 3.63) is 39.3 Å². The molecule has 0 spiro atoms. The molecule has 0 atom stereocenters. The number of hydrogen-bond acceptors (Lipinski definition) is 4. The summed E-state index contributed by atoms with van der Waals surface area (Å²) < 4.78 is 4.57. The van der Waals surface area contributed by atoms with Crippen molar-refractivity contribution in [1.82, 2.24) is 10.2 Å². The minimum absolute atomic E-state index is 0.158. The molecule has 0 aliphatic carbocycles. The van der Waals surface area contributed by atoms with Crippen molar-refractivity contribution < 1.29 is 19.4 Å². The van der Waals surface area contributed by atoms with Gasteiger partial charge in [0.05, 0.1) is 10.6 Å². The van der Waals surface area contributed by atoms with Crippen LogP contribution in [0.4, 0.5) is 10.6 Å². The van der Waals surface area contributed by atoms with Gasteiger partial charge < -0.3 is 15.2 Å². The first-order valence-electron chi connectivity index (χ1n) is 5.19. The smallest absolute Gasteiger partial charge is 0.449 e. The highest BCUT2D eigenvalue weighted by Crippen LogP contribution is 2.30. The van der Waals surface area contributed by atoms with E-state index in [-0.39, 0.29) is 21.7 Å². The van der Waals surface area contributed by atoms with Crippen molar-refractivity contribution >= 4 is 45.4 Å². The Balaban J connectivity index is 2.19. The van der Waals surface area contributed by atoms with Gasteiger partial charge in [-0.05, 0) is 28.1 Å². The number of hydrogen-bond donors (Lipinski definition) is 3. The summed E-state index contributed by atoms with van der Waals surface area (Å²) in [6.07, 6.45) is -1.51. The van der Waals surface area contributed by atoms with Crippen LogP contribution >= 0.6 is 27.5 Å². The summed E-state index contributed by atoms with van der Waals surface area (Å²) in [7, 11) is 0. The zero-order valence-electron chi connectivity index (χ0n) is 9.68. The molecule has 1 heterocycles. The van der Waals surface area contributed by atoms with Crippen LogP contribution in [0.1, 0.15) is 10.4 Å². The van der Waals surface area contributed by atoms with Crippen LogP contribution in [0, 0.1) is 0 Å². The van der Waals surface area contributed by atoms with Gasteiger partial charge in [0.25, 0.3) is 11.8 Å². The standard InChI is InChI=1S/C11H7BrClN3O4/c12-7-8(15-16-10(7)20-11(18)19)14-9(17)5-3-1-2-4-6(5)13/h1-4H,(H,18,19)(H2,14,15,16,17). The van der Waals surface area contributed by atoms with Crippen LogP contribution in [0.5, 0.6) is 5.88 Å². The van der Waals surface area contributed by atoms with Crippen molar-refractivity contribution in [3.63, 3.8) is 0 Å². The number of ether oxygens (including phenoxy) is 1. The predicted molar refractivity (Wildman–Crippen MR) is 74.3 cm³/mol. The van der Waals surface area contributed by atoms with Crippen LogP contribution in [0.3, 0.4) is 0 Å². The zero-order valence-corrected chi connectivity index (χ0v) is 12.0. The van der Waals surface area contributed by atoms with Gasteiger partial charge in [0.15, 0.2) is 0 Å². The maximum Gasteiger partial charge on any atom is 0.512 e. The van der Waals surface area contributed by atoms with E-state index >= 15 is 0 Å². The number of carbonyl (C=O) groups is 2. The van der Waals surface area contributed by atoms with Crippen molar-refractivity contribution in [3.8, 4) is 5.88 Å². The third kappa shape index (κ3) is 3.09. The number of anilines is 1. The van der Waals surface area contributed by atoms with Gasteiger partial charge in [-0.15, -0.1) is 5.10 Å². The van der Waals surface area contributed by atoms with Crippen molar-refractivity contribution in [2.24, 2.45) is 0 Å². The number of aromatic amines is 1. The number of H-pyrrole nitrogens is 1. The second-order valence-electron chi connectivity index (χ2n) is 3.52. The van der Waals surface area contributed by atoms with Crippen molar-refractivity contribution in [2.45, 2.75) is 0 Å². The molecule has 0 radical (unpaired) electrons. The van der Waals surface area contributed by atoms with Gasteiger partial charge in [-0.25, -0.2) is 4.79 Å². The Labute approximate surface area is 126 Å². The van der Waals surface area contributed by atoms with Crippen LogP contribution in [0.2, 0.25) is 5.02 Å². The number of amides is 1. The lowest BCUT2D eigenvalue weighted by Crippen LogP contribution is -2.13. The number of benzene rings is 1.